The van der Waals surface area contributed by atoms with E-state index in [1.807, 2.05) is 11.8 Å². The highest BCUT2D eigenvalue weighted by Gasteiger charge is 2.30. The zero-order valence-corrected chi connectivity index (χ0v) is 17.9. The Morgan fingerprint density at radius 3 is 2.33 bits per heavy atom. The molecule has 1 fully saturated rings. The smallest absolute Gasteiger partial charge is 0.244 e. The molecule has 0 aliphatic carbocycles. The maximum Gasteiger partial charge on any atom is 0.244 e. The Kier molecular flexibility index (Phi) is 8.09. The highest BCUT2D eigenvalue weighted by molar-refractivity contribution is 7.89. The van der Waals surface area contributed by atoms with Crippen LogP contribution in [0, 0.1) is 5.92 Å². The summed E-state index contributed by atoms with van der Waals surface area (Å²) < 4.78 is 26.9. The van der Waals surface area contributed by atoms with Gasteiger partial charge in [-0.15, -0.1) is 0 Å². The Balaban J connectivity index is 1.83. The molecule has 0 bridgehead atoms. The molecule has 1 atom stereocenters. The number of carbonyl (C=O) groups is 1. The van der Waals surface area contributed by atoms with Crippen LogP contribution in [0.3, 0.4) is 0 Å². The number of halogens is 1. The highest BCUT2D eigenvalue weighted by Crippen LogP contribution is 2.24. The summed E-state index contributed by atoms with van der Waals surface area (Å²) in [6.45, 7) is 8.41. The first-order valence-corrected chi connectivity index (χ1v) is 11.3. The van der Waals surface area contributed by atoms with E-state index >= 15 is 0 Å². The molecule has 1 amide bonds. The van der Waals surface area contributed by atoms with Crippen molar-refractivity contribution in [1.82, 2.24) is 14.5 Å². The molecule has 0 spiro atoms. The van der Waals surface area contributed by atoms with Crippen molar-refractivity contribution in [3.8, 4) is 0 Å². The number of benzene rings is 1. The molecule has 0 aromatic heterocycles. The van der Waals surface area contributed by atoms with Gasteiger partial charge in [0, 0.05) is 32.2 Å². The third kappa shape index (κ3) is 6.45. The highest BCUT2D eigenvalue weighted by atomic mass is 35.5. The van der Waals surface area contributed by atoms with Crippen molar-refractivity contribution < 1.29 is 13.2 Å². The molecule has 2 rings (SSSR count). The Labute approximate surface area is 167 Å². The maximum absolute atomic E-state index is 12.8. The fourth-order valence-electron chi connectivity index (χ4n) is 3.10. The zero-order chi connectivity index (χ0) is 20.0. The third-order valence-corrected chi connectivity index (χ3v) is 7.14. The number of amides is 1. The molecule has 27 heavy (non-hydrogen) atoms. The molecule has 1 aromatic rings. The second kappa shape index (κ2) is 9.87. The summed E-state index contributed by atoms with van der Waals surface area (Å²) in [6.07, 6.45) is 2.05. The molecule has 8 heteroatoms. The van der Waals surface area contributed by atoms with Crippen LogP contribution in [0.15, 0.2) is 29.2 Å². The molecule has 1 aliphatic heterocycles. The third-order valence-electron chi connectivity index (χ3n) is 4.74. The average Bonchev–Trinajstić information content (AvgIpc) is 2.60. The van der Waals surface area contributed by atoms with Crippen molar-refractivity contribution in [2.45, 2.75) is 44.6 Å². The lowest BCUT2D eigenvalue weighted by molar-refractivity contribution is -0.123. The van der Waals surface area contributed by atoms with Crippen LogP contribution < -0.4 is 5.32 Å². The summed E-state index contributed by atoms with van der Waals surface area (Å²) in [6, 6.07) is 6.63. The fraction of sp³-hybridized carbons (Fsp3) is 0.632. The van der Waals surface area contributed by atoms with E-state index in [1.165, 1.54) is 10.4 Å². The van der Waals surface area contributed by atoms with Gasteiger partial charge in [-0.1, -0.05) is 37.6 Å². The quantitative estimate of drug-likeness (QED) is 0.708. The Hall–Kier alpha value is -1.15. The first kappa shape index (κ1) is 22.1. The predicted octanol–water partition coefficient (Wildman–Crippen LogP) is 2.59. The molecule has 1 heterocycles. The summed E-state index contributed by atoms with van der Waals surface area (Å²) in [7, 11) is -3.60. The summed E-state index contributed by atoms with van der Waals surface area (Å²) in [4.78, 5) is 14.3. The van der Waals surface area contributed by atoms with E-state index in [9.17, 15) is 13.2 Å². The van der Waals surface area contributed by atoms with Gasteiger partial charge in [-0.25, -0.2) is 8.42 Å². The molecule has 0 saturated carbocycles. The lowest BCUT2D eigenvalue weighted by atomic mass is 10.0. The van der Waals surface area contributed by atoms with Crippen molar-refractivity contribution in [1.29, 1.82) is 0 Å². The van der Waals surface area contributed by atoms with Crippen molar-refractivity contribution in [3.63, 3.8) is 0 Å². The van der Waals surface area contributed by atoms with E-state index < -0.39 is 10.0 Å². The number of nitrogens with zero attached hydrogens (tertiary/aromatic N) is 2. The van der Waals surface area contributed by atoms with Crippen molar-refractivity contribution >= 4 is 27.5 Å². The maximum atomic E-state index is 12.8. The van der Waals surface area contributed by atoms with Crippen LogP contribution in [0.5, 0.6) is 0 Å². The molecule has 1 N–H and O–H groups in total. The van der Waals surface area contributed by atoms with Crippen molar-refractivity contribution in [2.24, 2.45) is 5.92 Å². The van der Waals surface area contributed by atoms with E-state index in [1.54, 1.807) is 18.2 Å². The number of piperazine rings is 1. The molecule has 0 unspecified atom stereocenters. The molecular formula is C19H30ClN3O3S. The minimum Gasteiger partial charge on any atom is -0.353 e. The average molecular weight is 416 g/mol. The summed E-state index contributed by atoms with van der Waals surface area (Å²) in [5.74, 6) is 0.617. The predicted molar refractivity (Wildman–Crippen MR) is 108 cm³/mol. The summed E-state index contributed by atoms with van der Waals surface area (Å²) in [5, 5.41) is 3.26. The van der Waals surface area contributed by atoms with Gasteiger partial charge in [-0.3, -0.25) is 9.69 Å². The molecular weight excluding hydrogens is 386 g/mol. The lowest BCUT2D eigenvalue weighted by Crippen LogP contribution is -2.51. The lowest BCUT2D eigenvalue weighted by Gasteiger charge is -2.33. The largest absolute Gasteiger partial charge is 0.353 e. The SMILES string of the molecule is CC(C)CC[C@@H](C)NC(=O)CN1CCN(S(=O)(=O)c2ccccc2Cl)CC1. The van der Waals surface area contributed by atoms with Gasteiger partial charge in [0.15, 0.2) is 0 Å². The molecule has 152 valence electrons. The number of hydrogen-bond donors (Lipinski definition) is 1. The molecule has 6 nitrogen and oxygen atoms in total. The number of nitrogens with one attached hydrogen (secondary N) is 1. The monoisotopic (exact) mass is 415 g/mol. The van der Waals surface area contributed by atoms with E-state index in [0.717, 1.165) is 12.8 Å². The number of sulfonamides is 1. The Morgan fingerprint density at radius 1 is 1.11 bits per heavy atom. The first-order valence-electron chi connectivity index (χ1n) is 9.46. The number of hydrogen-bond acceptors (Lipinski definition) is 4. The molecule has 0 radical (unpaired) electrons. The van der Waals surface area contributed by atoms with Gasteiger partial charge in [0.05, 0.1) is 11.6 Å². The minimum atomic E-state index is -3.60. The molecule has 1 aliphatic rings. The summed E-state index contributed by atoms with van der Waals surface area (Å²) >= 11 is 6.05. The van der Waals surface area contributed by atoms with Crippen molar-refractivity contribution in [3.05, 3.63) is 29.3 Å². The topological polar surface area (TPSA) is 69.7 Å². The van der Waals surface area contributed by atoms with Crippen molar-refractivity contribution in [2.75, 3.05) is 32.7 Å². The molecule has 1 aromatic carbocycles. The normalized spacial score (nSPS) is 17.8. The van der Waals surface area contributed by atoms with E-state index in [4.69, 9.17) is 11.6 Å². The minimum absolute atomic E-state index is 0.00586. The van der Waals surface area contributed by atoms with Gasteiger partial charge in [0.1, 0.15) is 4.90 Å². The van der Waals surface area contributed by atoms with Gasteiger partial charge in [0.2, 0.25) is 15.9 Å². The van der Waals surface area contributed by atoms with E-state index in [-0.39, 0.29) is 21.9 Å². The van der Waals surface area contributed by atoms with Gasteiger partial charge >= 0.3 is 0 Å². The number of rotatable bonds is 8. The Bertz CT molecular complexity index is 731. The first-order chi connectivity index (χ1) is 12.7. The standard InChI is InChI=1S/C19H30ClN3O3S/c1-15(2)8-9-16(3)21-19(24)14-22-10-12-23(13-11-22)27(25,26)18-7-5-4-6-17(18)20/h4-7,15-16H,8-14H2,1-3H3,(H,21,24)/t16-/m1/s1. The Morgan fingerprint density at radius 2 is 1.74 bits per heavy atom. The van der Waals surface area contributed by atoms with E-state index in [0.29, 0.717) is 38.6 Å². The van der Waals surface area contributed by atoms with Crippen LogP contribution in [0.25, 0.3) is 0 Å². The van der Waals surface area contributed by atoms with Crippen LogP contribution in [0.2, 0.25) is 5.02 Å². The second-order valence-electron chi connectivity index (χ2n) is 7.55. The van der Waals surface area contributed by atoms with Crippen LogP contribution >= 0.6 is 11.6 Å². The van der Waals surface area contributed by atoms with Crippen LogP contribution in [-0.2, 0) is 14.8 Å². The van der Waals surface area contributed by atoms with Gasteiger partial charge in [0.25, 0.3) is 0 Å². The zero-order valence-electron chi connectivity index (χ0n) is 16.3. The van der Waals surface area contributed by atoms with Gasteiger partial charge in [-0.2, -0.15) is 4.31 Å². The van der Waals surface area contributed by atoms with Crippen LogP contribution in [-0.4, -0.2) is 62.3 Å². The molecule has 1 saturated heterocycles. The van der Waals surface area contributed by atoms with Crippen LogP contribution in [0.4, 0.5) is 0 Å². The summed E-state index contributed by atoms with van der Waals surface area (Å²) in [5.41, 5.74) is 0. The van der Waals surface area contributed by atoms with E-state index in [2.05, 4.69) is 19.2 Å². The van der Waals surface area contributed by atoms with Gasteiger partial charge < -0.3 is 5.32 Å². The number of carbonyl (C=O) groups excluding carboxylic acids is 1. The van der Waals surface area contributed by atoms with Crippen LogP contribution in [0.1, 0.15) is 33.6 Å². The second-order valence-corrected chi connectivity index (χ2v) is 9.86. The van der Waals surface area contributed by atoms with Gasteiger partial charge in [-0.05, 0) is 37.8 Å². The fourth-order valence-corrected chi connectivity index (χ4v) is 5.02.